The van der Waals surface area contributed by atoms with Crippen molar-refractivity contribution in [2.45, 2.75) is 24.2 Å². The van der Waals surface area contributed by atoms with Crippen LogP contribution in [0.25, 0.3) is 21.6 Å². The number of H-pyrrole nitrogens is 1. The van der Waals surface area contributed by atoms with Gasteiger partial charge in [-0.05, 0) is 10.6 Å². The van der Waals surface area contributed by atoms with E-state index < -0.39 is 36.3 Å². The van der Waals surface area contributed by atoms with Crippen LogP contribution in [0, 0.1) is 0 Å². The predicted molar refractivity (Wildman–Crippen MR) is 69.2 cm³/mol. The average Bonchev–Trinajstić information content (AvgIpc) is 3.04. The lowest BCUT2D eigenvalue weighted by atomic mass is 10.1. The fraction of sp³-hybridized carbons (Fsp3) is 0.500. The maximum Gasteiger partial charge on any atom is 0.278 e. The third-order valence-electron chi connectivity index (χ3n) is 3.47. The van der Waals surface area contributed by atoms with E-state index >= 15 is 0 Å². The molecule has 12 heteroatoms. The molecule has 22 heavy (non-hydrogen) atoms. The van der Waals surface area contributed by atoms with E-state index in [0.29, 0.717) is 0 Å². The van der Waals surface area contributed by atoms with Crippen molar-refractivity contribution in [1.82, 2.24) is 19.5 Å². The van der Waals surface area contributed by atoms with Crippen molar-refractivity contribution in [2.24, 2.45) is 5.11 Å². The molecule has 2 aromatic rings. The molecular formula is C10H11N7O5. The third kappa shape index (κ3) is 1.80. The van der Waals surface area contributed by atoms with E-state index in [0.717, 1.165) is 17.2 Å². The highest BCUT2D eigenvalue weighted by Gasteiger charge is 2.56. The summed E-state index contributed by atoms with van der Waals surface area (Å²) in [5.41, 5.74) is 8.17. The van der Waals surface area contributed by atoms with Gasteiger partial charge < -0.3 is 25.0 Å². The van der Waals surface area contributed by atoms with Crippen molar-refractivity contribution in [3.8, 4) is 0 Å². The Hall–Kier alpha value is -2.50. The van der Waals surface area contributed by atoms with Crippen LogP contribution in [0.3, 0.4) is 0 Å². The Labute approximate surface area is 121 Å². The van der Waals surface area contributed by atoms with Gasteiger partial charge in [0.15, 0.2) is 11.2 Å². The smallest absolute Gasteiger partial charge is 0.278 e. The van der Waals surface area contributed by atoms with Crippen LogP contribution in [0.2, 0.25) is 0 Å². The van der Waals surface area contributed by atoms with Crippen molar-refractivity contribution in [3.05, 3.63) is 33.5 Å². The van der Waals surface area contributed by atoms with Gasteiger partial charge in [-0.15, -0.1) is 0 Å². The summed E-state index contributed by atoms with van der Waals surface area (Å²) in [4.78, 5) is 24.4. The molecule has 2 aromatic heterocycles. The minimum Gasteiger partial charge on any atom is -0.394 e. The van der Waals surface area contributed by atoms with E-state index in [1.54, 1.807) is 0 Å². The maximum absolute atomic E-state index is 11.7. The van der Waals surface area contributed by atoms with Gasteiger partial charge in [-0.1, -0.05) is 0 Å². The topological polar surface area (TPSA) is 182 Å². The first-order valence-electron chi connectivity index (χ1n) is 6.17. The Kier molecular flexibility index (Phi) is 3.31. The lowest BCUT2D eigenvalue weighted by molar-refractivity contribution is -0.140. The number of ether oxygens (including phenoxy) is 1. The van der Waals surface area contributed by atoms with E-state index in [-0.39, 0.29) is 11.2 Å². The molecule has 4 N–H and O–H groups in total. The van der Waals surface area contributed by atoms with Crippen molar-refractivity contribution in [3.63, 3.8) is 0 Å². The quantitative estimate of drug-likeness (QED) is 0.291. The molecule has 1 saturated heterocycles. The number of imidazole rings is 1. The van der Waals surface area contributed by atoms with Crippen LogP contribution in [-0.2, 0) is 10.6 Å². The molecule has 0 unspecified atom stereocenters. The fourth-order valence-corrected chi connectivity index (χ4v) is 2.41. The molecule has 4 atom stereocenters. The highest BCUT2D eigenvalue weighted by Crippen LogP contribution is 2.38. The summed E-state index contributed by atoms with van der Waals surface area (Å²) >= 11 is 0. The molecule has 3 heterocycles. The monoisotopic (exact) mass is 309 g/mol. The van der Waals surface area contributed by atoms with Gasteiger partial charge in [0, 0.05) is 4.91 Å². The highest BCUT2D eigenvalue weighted by atomic mass is 16.6. The molecule has 1 aliphatic heterocycles. The zero-order chi connectivity index (χ0) is 15.9. The summed E-state index contributed by atoms with van der Waals surface area (Å²) in [6, 6.07) is 0. The van der Waals surface area contributed by atoms with E-state index in [4.69, 9.17) is 10.3 Å². The molecule has 0 radical (unpaired) electrons. The summed E-state index contributed by atoms with van der Waals surface area (Å²) in [5.74, 6) is -2.11. The van der Waals surface area contributed by atoms with E-state index in [9.17, 15) is 20.1 Å². The van der Waals surface area contributed by atoms with Crippen LogP contribution in [0.15, 0.2) is 22.6 Å². The van der Waals surface area contributed by atoms with Crippen molar-refractivity contribution in [1.29, 1.82) is 0 Å². The Morgan fingerprint density at radius 2 is 2.32 bits per heavy atom. The minimum atomic E-state index is -2.11. The standard InChI is InChI=1S/C10H11N7O5/c11-16-15-10(7(20)6(19)4(1-18)22-10)17-3-14-5-8(17)12-2-13-9(5)21/h2-4,6-7,18-20H,1H2,(H,12,13,21)/t4-,6-,7-,10+/m1/s1. The maximum atomic E-state index is 11.7. The number of aliphatic hydroxyl groups excluding tert-OH is 3. The fourth-order valence-electron chi connectivity index (χ4n) is 2.41. The van der Waals surface area contributed by atoms with Crippen LogP contribution < -0.4 is 5.56 Å². The van der Waals surface area contributed by atoms with Crippen molar-refractivity contribution in [2.75, 3.05) is 6.61 Å². The van der Waals surface area contributed by atoms with Crippen LogP contribution >= 0.6 is 0 Å². The Morgan fingerprint density at radius 1 is 1.55 bits per heavy atom. The van der Waals surface area contributed by atoms with Crippen LogP contribution in [-0.4, -0.2) is 59.8 Å². The second-order valence-electron chi connectivity index (χ2n) is 4.64. The third-order valence-corrected chi connectivity index (χ3v) is 3.47. The second-order valence-corrected chi connectivity index (χ2v) is 4.64. The molecule has 0 saturated carbocycles. The Bertz CT molecular complexity index is 811. The lowest BCUT2D eigenvalue weighted by Gasteiger charge is -2.28. The SMILES string of the molecule is [N-]=[N+]=N[C@@]1(n2cnc3c(=O)[nH]cnc32)O[C@H](CO)[C@@H](O)[C@H]1O. The van der Waals surface area contributed by atoms with E-state index in [2.05, 4.69) is 25.0 Å². The van der Waals surface area contributed by atoms with E-state index in [1.165, 1.54) is 0 Å². The average molecular weight is 309 g/mol. The first kappa shape index (κ1) is 14.4. The molecule has 116 valence electrons. The highest BCUT2D eigenvalue weighted by molar-refractivity contribution is 5.69. The number of nitrogens with one attached hydrogen (secondary N) is 1. The van der Waals surface area contributed by atoms with Crippen molar-refractivity contribution >= 4 is 11.2 Å². The molecule has 0 aliphatic carbocycles. The molecule has 12 nitrogen and oxygen atoms in total. The van der Waals surface area contributed by atoms with Gasteiger partial charge in [0.25, 0.3) is 11.4 Å². The van der Waals surface area contributed by atoms with Gasteiger partial charge >= 0.3 is 0 Å². The number of fused-ring (bicyclic) bond motifs is 1. The van der Waals surface area contributed by atoms with E-state index in [1.807, 2.05) is 0 Å². The van der Waals surface area contributed by atoms with Gasteiger partial charge in [0.2, 0.25) is 0 Å². The molecule has 1 fully saturated rings. The van der Waals surface area contributed by atoms with Crippen LogP contribution in [0.4, 0.5) is 0 Å². The number of hydrogen-bond donors (Lipinski definition) is 4. The molecule has 0 bridgehead atoms. The van der Waals surface area contributed by atoms with Gasteiger partial charge in [0.05, 0.1) is 19.3 Å². The molecule has 0 amide bonds. The van der Waals surface area contributed by atoms with Crippen LogP contribution in [0.1, 0.15) is 0 Å². The lowest BCUT2D eigenvalue weighted by Crippen LogP contribution is -2.43. The summed E-state index contributed by atoms with van der Waals surface area (Å²) in [5, 5.41) is 32.7. The first-order valence-corrected chi connectivity index (χ1v) is 6.17. The molecule has 0 spiro atoms. The van der Waals surface area contributed by atoms with Gasteiger partial charge in [-0.3, -0.25) is 9.36 Å². The Morgan fingerprint density at radius 3 is 2.95 bits per heavy atom. The zero-order valence-electron chi connectivity index (χ0n) is 10.9. The summed E-state index contributed by atoms with van der Waals surface area (Å²) in [6.45, 7) is -0.610. The number of aromatic nitrogens is 4. The molecule has 3 rings (SSSR count). The number of azide groups is 1. The summed E-state index contributed by atoms with van der Waals surface area (Å²) in [6.07, 6.45) is -2.18. The zero-order valence-corrected chi connectivity index (χ0v) is 10.9. The number of rotatable bonds is 3. The second kappa shape index (κ2) is 5.05. The summed E-state index contributed by atoms with van der Waals surface area (Å²) < 4.78 is 6.40. The molecule has 1 aliphatic rings. The number of hydrogen-bond acceptors (Lipinski definition) is 8. The number of aromatic amines is 1. The number of aliphatic hydroxyl groups is 3. The molecule has 0 aromatic carbocycles. The predicted octanol–water partition coefficient (Wildman–Crippen LogP) is -1.85. The number of nitrogens with zero attached hydrogens (tertiary/aromatic N) is 6. The van der Waals surface area contributed by atoms with Gasteiger partial charge in [-0.25, -0.2) is 9.97 Å². The van der Waals surface area contributed by atoms with Gasteiger partial charge in [-0.2, -0.15) is 0 Å². The summed E-state index contributed by atoms with van der Waals surface area (Å²) in [7, 11) is 0. The minimum absolute atomic E-state index is 0.0130. The van der Waals surface area contributed by atoms with Crippen molar-refractivity contribution < 1.29 is 20.1 Å². The Balaban J connectivity index is 2.26. The normalized spacial score (nSPS) is 31.3. The molecular weight excluding hydrogens is 298 g/mol. The van der Waals surface area contributed by atoms with Gasteiger partial charge in [0.1, 0.15) is 18.3 Å². The van der Waals surface area contributed by atoms with Crippen LogP contribution in [0.5, 0.6) is 0 Å². The first-order chi connectivity index (χ1) is 10.5. The largest absolute Gasteiger partial charge is 0.394 e.